The number of carbonyl (C=O) groups excluding carboxylic acids is 1. The maximum Gasteiger partial charge on any atom is 0.241 e. The lowest BCUT2D eigenvalue weighted by atomic mass is 10.2. The Morgan fingerprint density at radius 1 is 1.47 bits per heavy atom. The van der Waals surface area contributed by atoms with Crippen molar-refractivity contribution < 1.29 is 9.90 Å². The minimum Gasteiger partial charge on any atom is -0.393 e. The van der Waals surface area contributed by atoms with Crippen LogP contribution in [0.1, 0.15) is 18.9 Å². The van der Waals surface area contributed by atoms with Gasteiger partial charge in [0.2, 0.25) is 5.91 Å². The summed E-state index contributed by atoms with van der Waals surface area (Å²) in [4.78, 5) is 13.4. The monoisotopic (exact) mass is 261 g/mol. The Morgan fingerprint density at radius 3 is 2.63 bits per heavy atom. The molecule has 19 heavy (non-hydrogen) atoms. The number of hydrogen-bond donors (Lipinski definition) is 2. The predicted octanol–water partition coefficient (Wildman–Crippen LogP) is 1.20. The van der Waals surface area contributed by atoms with Crippen molar-refractivity contribution in [3.05, 3.63) is 29.8 Å². The van der Waals surface area contributed by atoms with E-state index in [1.807, 2.05) is 6.07 Å². The highest BCUT2D eigenvalue weighted by Gasteiger charge is 2.09. The first kappa shape index (κ1) is 15.0. The number of nitrogens with zero attached hydrogens (tertiary/aromatic N) is 2. The predicted molar refractivity (Wildman–Crippen MR) is 73.6 cm³/mol. The highest BCUT2D eigenvalue weighted by atomic mass is 16.3. The van der Waals surface area contributed by atoms with Crippen molar-refractivity contribution in [2.24, 2.45) is 0 Å². The summed E-state index contributed by atoms with van der Waals surface area (Å²) >= 11 is 0. The molecule has 0 bridgehead atoms. The van der Waals surface area contributed by atoms with Crippen molar-refractivity contribution >= 4 is 11.6 Å². The molecule has 0 aromatic heterocycles. The van der Waals surface area contributed by atoms with Crippen LogP contribution in [0.25, 0.3) is 0 Å². The fourth-order valence-corrected chi connectivity index (χ4v) is 1.48. The summed E-state index contributed by atoms with van der Waals surface area (Å²) in [7, 11) is 1.71. The molecule has 5 heteroatoms. The Morgan fingerprint density at radius 2 is 2.11 bits per heavy atom. The van der Waals surface area contributed by atoms with Crippen molar-refractivity contribution in [2.45, 2.75) is 19.4 Å². The van der Waals surface area contributed by atoms with Crippen LogP contribution >= 0.6 is 0 Å². The number of amides is 1. The van der Waals surface area contributed by atoms with Crippen LogP contribution in [0.4, 0.5) is 5.69 Å². The van der Waals surface area contributed by atoms with E-state index in [0.29, 0.717) is 18.5 Å². The average Bonchev–Trinajstić information content (AvgIpc) is 2.42. The van der Waals surface area contributed by atoms with Gasteiger partial charge in [0, 0.05) is 19.3 Å². The zero-order valence-corrected chi connectivity index (χ0v) is 11.3. The number of anilines is 1. The van der Waals surface area contributed by atoms with Gasteiger partial charge in [-0.05, 0) is 37.6 Å². The van der Waals surface area contributed by atoms with Crippen LogP contribution in [0, 0.1) is 11.3 Å². The topological polar surface area (TPSA) is 76.4 Å². The molecule has 0 aliphatic rings. The fourth-order valence-electron chi connectivity index (χ4n) is 1.48. The van der Waals surface area contributed by atoms with Gasteiger partial charge in [-0.3, -0.25) is 4.79 Å². The smallest absolute Gasteiger partial charge is 0.241 e. The molecule has 1 amide bonds. The lowest BCUT2D eigenvalue weighted by molar-refractivity contribution is -0.128. The molecule has 0 radical (unpaired) electrons. The molecule has 1 rings (SSSR count). The highest BCUT2D eigenvalue weighted by molar-refractivity contribution is 5.80. The maximum atomic E-state index is 11.8. The molecule has 1 aromatic carbocycles. The molecule has 0 heterocycles. The van der Waals surface area contributed by atoms with Gasteiger partial charge in [0.05, 0.1) is 24.3 Å². The Balaban J connectivity index is 2.38. The summed E-state index contributed by atoms with van der Waals surface area (Å²) < 4.78 is 0. The molecule has 1 atom stereocenters. The summed E-state index contributed by atoms with van der Waals surface area (Å²) in [5, 5.41) is 20.8. The van der Waals surface area contributed by atoms with Crippen LogP contribution in [0.15, 0.2) is 24.3 Å². The fraction of sp³-hybridized carbons (Fsp3) is 0.429. The van der Waals surface area contributed by atoms with Crippen LogP contribution in [0.2, 0.25) is 0 Å². The van der Waals surface area contributed by atoms with E-state index in [4.69, 9.17) is 10.4 Å². The minimum absolute atomic E-state index is 0.0370. The molecule has 0 fully saturated rings. The maximum absolute atomic E-state index is 11.8. The third-order valence-electron chi connectivity index (χ3n) is 2.77. The number of hydrogen-bond acceptors (Lipinski definition) is 4. The molecule has 0 spiro atoms. The van der Waals surface area contributed by atoms with E-state index in [-0.39, 0.29) is 12.5 Å². The van der Waals surface area contributed by atoms with E-state index in [2.05, 4.69) is 5.32 Å². The number of rotatable bonds is 6. The van der Waals surface area contributed by atoms with Crippen molar-refractivity contribution in [1.82, 2.24) is 4.90 Å². The van der Waals surface area contributed by atoms with Gasteiger partial charge in [-0.2, -0.15) is 5.26 Å². The van der Waals surface area contributed by atoms with Crippen LogP contribution in [0.3, 0.4) is 0 Å². The van der Waals surface area contributed by atoms with Crippen molar-refractivity contribution in [2.75, 3.05) is 25.5 Å². The minimum atomic E-state index is -0.401. The number of likely N-dealkylation sites (N-methyl/N-ethyl adjacent to an activating group) is 1. The number of nitriles is 1. The molecular weight excluding hydrogens is 242 g/mol. The quantitative estimate of drug-likeness (QED) is 0.806. The van der Waals surface area contributed by atoms with E-state index < -0.39 is 6.10 Å². The molecule has 5 nitrogen and oxygen atoms in total. The molecule has 0 aliphatic carbocycles. The Bertz CT molecular complexity index is 449. The normalized spacial score (nSPS) is 11.5. The number of benzene rings is 1. The zero-order valence-electron chi connectivity index (χ0n) is 11.3. The van der Waals surface area contributed by atoms with Crippen molar-refractivity contribution in [3.8, 4) is 6.07 Å². The molecule has 0 saturated heterocycles. The van der Waals surface area contributed by atoms with Crippen LogP contribution in [-0.2, 0) is 4.79 Å². The van der Waals surface area contributed by atoms with Crippen LogP contribution < -0.4 is 5.32 Å². The van der Waals surface area contributed by atoms with Gasteiger partial charge in [-0.1, -0.05) is 0 Å². The summed E-state index contributed by atoms with van der Waals surface area (Å²) in [6.45, 7) is 2.43. The number of nitrogens with one attached hydrogen (secondary N) is 1. The van der Waals surface area contributed by atoms with Gasteiger partial charge in [-0.15, -0.1) is 0 Å². The number of aliphatic hydroxyl groups excluding tert-OH is 1. The average molecular weight is 261 g/mol. The number of carbonyl (C=O) groups is 1. The summed E-state index contributed by atoms with van der Waals surface area (Å²) in [6, 6.07) is 8.97. The van der Waals surface area contributed by atoms with Gasteiger partial charge in [0.15, 0.2) is 0 Å². The first-order valence-corrected chi connectivity index (χ1v) is 6.19. The first-order chi connectivity index (χ1) is 9.02. The van der Waals surface area contributed by atoms with Gasteiger partial charge < -0.3 is 15.3 Å². The Hall–Kier alpha value is -2.06. The molecule has 0 saturated carbocycles. The second-order valence-corrected chi connectivity index (χ2v) is 4.50. The van der Waals surface area contributed by atoms with E-state index in [1.54, 1.807) is 43.1 Å². The summed E-state index contributed by atoms with van der Waals surface area (Å²) in [6.07, 6.45) is 0.167. The second kappa shape index (κ2) is 7.39. The molecule has 2 N–H and O–H groups in total. The largest absolute Gasteiger partial charge is 0.393 e. The van der Waals surface area contributed by atoms with Crippen molar-refractivity contribution in [3.63, 3.8) is 0 Å². The Kier molecular flexibility index (Phi) is 5.83. The van der Waals surface area contributed by atoms with E-state index in [9.17, 15) is 4.79 Å². The van der Waals surface area contributed by atoms with Crippen LogP contribution in [-0.4, -0.2) is 42.2 Å². The van der Waals surface area contributed by atoms with Gasteiger partial charge >= 0.3 is 0 Å². The third-order valence-corrected chi connectivity index (χ3v) is 2.77. The molecule has 0 aliphatic heterocycles. The molecule has 102 valence electrons. The van der Waals surface area contributed by atoms with Gasteiger partial charge in [0.25, 0.3) is 0 Å². The molecule has 1 aromatic rings. The molecular formula is C14H19N3O2. The second-order valence-electron chi connectivity index (χ2n) is 4.50. The highest BCUT2D eigenvalue weighted by Crippen LogP contribution is 2.08. The Labute approximate surface area is 113 Å². The van der Waals surface area contributed by atoms with Gasteiger partial charge in [0.1, 0.15) is 0 Å². The van der Waals surface area contributed by atoms with Crippen LogP contribution in [0.5, 0.6) is 0 Å². The lowest BCUT2D eigenvalue weighted by Crippen LogP contribution is -2.34. The van der Waals surface area contributed by atoms with Crippen molar-refractivity contribution in [1.29, 1.82) is 5.26 Å². The number of aliphatic hydroxyl groups is 1. The summed E-state index contributed by atoms with van der Waals surface area (Å²) in [5.74, 6) is -0.0370. The standard InChI is InChI=1S/C14H19N3O2/c1-11(18)7-8-17(2)14(19)10-16-13-5-3-12(9-15)4-6-13/h3-6,11,16,18H,7-8,10H2,1-2H3. The van der Waals surface area contributed by atoms with Gasteiger partial charge in [-0.25, -0.2) is 0 Å². The summed E-state index contributed by atoms with van der Waals surface area (Å²) in [5.41, 5.74) is 1.39. The first-order valence-electron chi connectivity index (χ1n) is 6.19. The SMILES string of the molecule is CC(O)CCN(C)C(=O)CNc1ccc(C#N)cc1. The molecule has 1 unspecified atom stereocenters. The van der Waals surface area contributed by atoms with E-state index in [1.165, 1.54) is 0 Å². The lowest BCUT2D eigenvalue weighted by Gasteiger charge is -2.18. The third kappa shape index (κ3) is 5.40. The van der Waals surface area contributed by atoms with E-state index in [0.717, 1.165) is 5.69 Å². The zero-order chi connectivity index (χ0) is 14.3. The van der Waals surface area contributed by atoms with E-state index >= 15 is 0 Å².